The van der Waals surface area contributed by atoms with Crippen LogP contribution in [-0.2, 0) is 0 Å². The van der Waals surface area contributed by atoms with Crippen LogP contribution in [0.2, 0.25) is 0 Å². The zero-order valence-electron chi connectivity index (χ0n) is 9.09. The molecule has 0 N–H and O–H groups in total. The van der Waals surface area contributed by atoms with E-state index < -0.39 is 0 Å². The van der Waals surface area contributed by atoms with E-state index in [-0.39, 0.29) is 5.92 Å². The molecule has 4 heteroatoms. The standard InChI is InChI=1S/C12H12N4/c1-8(6-13)12-15-10-7-14-5-4-11(10)16(12)9-2-3-9/h4-5,7-9H,2-3H2,1H3. The Bertz CT molecular complexity index is 574. The molecule has 1 unspecified atom stereocenters. The van der Waals surface area contributed by atoms with Crippen molar-refractivity contribution in [3.05, 3.63) is 24.3 Å². The Morgan fingerprint density at radius 1 is 1.56 bits per heavy atom. The third-order valence-electron chi connectivity index (χ3n) is 3.01. The maximum Gasteiger partial charge on any atom is 0.127 e. The summed E-state index contributed by atoms with van der Waals surface area (Å²) in [5, 5.41) is 9.02. The Morgan fingerprint density at radius 3 is 3.06 bits per heavy atom. The maximum absolute atomic E-state index is 9.02. The lowest BCUT2D eigenvalue weighted by Crippen LogP contribution is -2.04. The number of hydrogen-bond donors (Lipinski definition) is 0. The van der Waals surface area contributed by atoms with Crippen LogP contribution in [0.5, 0.6) is 0 Å². The third kappa shape index (κ3) is 1.28. The van der Waals surface area contributed by atoms with Crippen molar-refractivity contribution in [2.75, 3.05) is 0 Å². The van der Waals surface area contributed by atoms with Crippen molar-refractivity contribution in [1.82, 2.24) is 14.5 Å². The molecule has 3 rings (SSSR count). The highest BCUT2D eigenvalue weighted by molar-refractivity contribution is 5.75. The van der Waals surface area contributed by atoms with E-state index in [2.05, 4.69) is 20.6 Å². The van der Waals surface area contributed by atoms with Crippen LogP contribution in [0.25, 0.3) is 11.0 Å². The second-order valence-corrected chi connectivity index (χ2v) is 4.29. The molecule has 0 bridgehead atoms. The third-order valence-corrected chi connectivity index (χ3v) is 3.01. The maximum atomic E-state index is 9.02. The van der Waals surface area contributed by atoms with Gasteiger partial charge in [0.05, 0.1) is 17.8 Å². The molecule has 4 nitrogen and oxygen atoms in total. The molecule has 0 aromatic carbocycles. The fourth-order valence-electron chi connectivity index (χ4n) is 2.05. The van der Waals surface area contributed by atoms with Gasteiger partial charge in [0.1, 0.15) is 17.3 Å². The summed E-state index contributed by atoms with van der Waals surface area (Å²) in [5.41, 5.74) is 2.00. The van der Waals surface area contributed by atoms with E-state index in [1.807, 2.05) is 13.0 Å². The molecule has 16 heavy (non-hydrogen) atoms. The van der Waals surface area contributed by atoms with Crippen LogP contribution in [0.4, 0.5) is 0 Å². The Morgan fingerprint density at radius 2 is 2.38 bits per heavy atom. The van der Waals surface area contributed by atoms with E-state index in [1.54, 1.807) is 12.4 Å². The van der Waals surface area contributed by atoms with Crippen molar-refractivity contribution < 1.29 is 0 Å². The Balaban J connectivity index is 2.27. The average molecular weight is 212 g/mol. The molecule has 1 fully saturated rings. The minimum atomic E-state index is -0.159. The Kier molecular flexibility index (Phi) is 1.93. The van der Waals surface area contributed by atoms with Crippen LogP contribution in [0.1, 0.15) is 37.5 Å². The lowest BCUT2D eigenvalue weighted by atomic mass is 10.2. The monoisotopic (exact) mass is 212 g/mol. The van der Waals surface area contributed by atoms with Crippen molar-refractivity contribution in [3.8, 4) is 6.07 Å². The highest BCUT2D eigenvalue weighted by Gasteiger charge is 2.29. The van der Waals surface area contributed by atoms with Gasteiger partial charge in [-0.2, -0.15) is 5.26 Å². The predicted octanol–water partition coefficient (Wildman–Crippen LogP) is 2.39. The smallest absolute Gasteiger partial charge is 0.127 e. The van der Waals surface area contributed by atoms with E-state index >= 15 is 0 Å². The topological polar surface area (TPSA) is 54.5 Å². The van der Waals surface area contributed by atoms with Gasteiger partial charge in [-0.1, -0.05) is 0 Å². The van der Waals surface area contributed by atoms with Gasteiger partial charge in [0.2, 0.25) is 0 Å². The number of pyridine rings is 1. The van der Waals surface area contributed by atoms with Gasteiger partial charge in [0, 0.05) is 12.2 Å². The van der Waals surface area contributed by atoms with E-state index in [9.17, 15) is 0 Å². The number of nitriles is 1. The normalized spacial score (nSPS) is 17.2. The van der Waals surface area contributed by atoms with Gasteiger partial charge in [0.25, 0.3) is 0 Å². The van der Waals surface area contributed by atoms with Gasteiger partial charge in [-0.05, 0) is 25.8 Å². The molecule has 0 radical (unpaired) electrons. The zero-order valence-corrected chi connectivity index (χ0v) is 9.09. The summed E-state index contributed by atoms with van der Waals surface area (Å²) in [4.78, 5) is 8.60. The molecule has 0 aliphatic heterocycles. The second-order valence-electron chi connectivity index (χ2n) is 4.29. The minimum absolute atomic E-state index is 0.159. The van der Waals surface area contributed by atoms with Gasteiger partial charge in [-0.3, -0.25) is 4.98 Å². The molecule has 1 atom stereocenters. The summed E-state index contributed by atoms with van der Waals surface area (Å²) < 4.78 is 2.21. The molecule has 2 aromatic heterocycles. The van der Waals surface area contributed by atoms with Gasteiger partial charge in [-0.15, -0.1) is 0 Å². The van der Waals surface area contributed by atoms with Crippen LogP contribution in [-0.4, -0.2) is 14.5 Å². The van der Waals surface area contributed by atoms with Crippen molar-refractivity contribution in [2.45, 2.75) is 31.7 Å². The molecule has 2 aromatic rings. The molecule has 1 aliphatic carbocycles. The van der Waals surface area contributed by atoms with E-state index in [0.717, 1.165) is 16.9 Å². The molecule has 2 heterocycles. The van der Waals surface area contributed by atoms with E-state index in [1.165, 1.54) is 12.8 Å². The highest BCUT2D eigenvalue weighted by atomic mass is 15.1. The van der Waals surface area contributed by atoms with Gasteiger partial charge in [-0.25, -0.2) is 4.98 Å². The first-order chi connectivity index (χ1) is 7.81. The molecule has 80 valence electrons. The summed E-state index contributed by atoms with van der Waals surface area (Å²) >= 11 is 0. The van der Waals surface area contributed by atoms with E-state index in [0.29, 0.717) is 6.04 Å². The van der Waals surface area contributed by atoms with Crippen LogP contribution in [0.3, 0.4) is 0 Å². The molecular formula is C12H12N4. The average Bonchev–Trinajstić information content (AvgIpc) is 3.08. The van der Waals surface area contributed by atoms with Crippen molar-refractivity contribution in [3.63, 3.8) is 0 Å². The summed E-state index contributed by atoms with van der Waals surface area (Å²) in [6.45, 7) is 1.90. The van der Waals surface area contributed by atoms with Gasteiger partial charge >= 0.3 is 0 Å². The molecule has 0 amide bonds. The van der Waals surface area contributed by atoms with Crippen LogP contribution >= 0.6 is 0 Å². The van der Waals surface area contributed by atoms with Crippen molar-refractivity contribution >= 4 is 11.0 Å². The fourth-order valence-corrected chi connectivity index (χ4v) is 2.05. The summed E-state index contributed by atoms with van der Waals surface area (Å²) in [6.07, 6.45) is 5.93. The van der Waals surface area contributed by atoms with E-state index in [4.69, 9.17) is 5.26 Å². The fraction of sp³-hybridized carbons (Fsp3) is 0.417. The zero-order chi connectivity index (χ0) is 11.1. The summed E-state index contributed by atoms with van der Waals surface area (Å²) in [7, 11) is 0. The lowest BCUT2D eigenvalue weighted by molar-refractivity contribution is 0.684. The largest absolute Gasteiger partial charge is 0.324 e. The highest BCUT2D eigenvalue weighted by Crippen LogP contribution is 2.39. The van der Waals surface area contributed by atoms with Crippen LogP contribution < -0.4 is 0 Å². The number of rotatable bonds is 2. The van der Waals surface area contributed by atoms with Crippen molar-refractivity contribution in [2.24, 2.45) is 0 Å². The summed E-state index contributed by atoms with van der Waals surface area (Å²) in [6, 6.07) is 4.78. The van der Waals surface area contributed by atoms with Crippen LogP contribution in [0.15, 0.2) is 18.5 Å². The predicted molar refractivity (Wildman–Crippen MR) is 59.8 cm³/mol. The first kappa shape index (κ1) is 9.34. The SMILES string of the molecule is CC(C#N)c1nc2cnccc2n1C1CC1. The second kappa shape index (κ2) is 3.31. The molecular weight excluding hydrogens is 200 g/mol. The van der Waals surface area contributed by atoms with Gasteiger partial charge in [0.15, 0.2) is 0 Å². The number of nitrogens with zero attached hydrogens (tertiary/aromatic N) is 4. The van der Waals surface area contributed by atoms with Crippen LogP contribution in [0, 0.1) is 11.3 Å². The molecule has 0 spiro atoms. The summed E-state index contributed by atoms with van der Waals surface area (Å²) in [5.74, 6) is 0.723. The molecule has 0 saturated heterocycles. The lowest BCUT2D eigenvalue weighted by Gasteiger charge is -2.07. The van der Waals surface area contributed by atoms with Crippen molar-refractivity contribution in [1.29, 1.82) is 5.26 Å². The Labute approximate surface area is 93.5 Å². The number of aromatic nitrogens is 3. The first-order valence-corrected chi connectivity index (χ1v) is 5.52. The first-order valence-electron chi connectivity index (χ1n) is 5.52. The quantitative estimate of drug-likeness (QED) is 0.768. The molecule has 1 saturated carbocycles. The number of fused-ring (bicyclic) bond motifs is 1. The number of imidazole rings is 1. The number of hydrogen-bond acceptors (Lipinski definition) is 3. The minimum Gasteiger partial charge on any atom is -0.324 e. The van der Waals surface area contributed by atoms with Gasteiger partial charge < -0.3 is 4.57 Å². The molecule has 1 aliphatic rings. The Hall–Kier alpha value is -1.89.